The molecule has 1 atom stereocenters. The number of esters is 1. The lowest BCUT2D eigenvalue weighted by Gasteiger charge is -2.35. The summed E-state index contributed by atoms with van der Waals surface area (Å²) in [5.41, 5.74) is 3.98. The van der Waals surface area contributed by atoms with Crippen LogP contribution in [0.25, 0.3) is 5.69 Å². The summed E-state index contributed by atoms with van der Waals surface area (Å²) in [5, 5.41) is 6.90. The number of nitrogens with one attached hydrogen (secondary N) is 2. The summed E-state index contributed by atoms with van der Waals surface area (Å²) in [7, 11) is 0. The molecule has 1 fully saturated rings. The number of pyridine rings is 1. The van der Waals surface area contributed by atoms with E-state index in [4.69, 9.17) is 21.9 Å². The van der Waals surface area contributed by atoms with Gasteiger partial charge in [-0.15, -0.1) is 0 Å². The summed E-state index contributed by atoms with van der Waals surface area (Å²) in [6, 6.07) is 11.3. The molecular weight excluding hydrogens is 500 g/mol. The second-order valence-electron chi connectivity index (χ2n) is 9.48. The maximum Gasteiger partial charge on any atom is 0.307 e. The fraction of sp³-hybridized carbons (Fsp3) is 0.393. The number of carbonyl (C=O) groups is 2. The Labute approximate surface area is 228 Å². The number of ether oxygens (including phenoxy) is 1. The first-order valence-electron chi connectivity index (χ1n) is 12.9. The van der Waals surface area contributed by atoms with Gasteiger partial charge in [0, 0.05) is 54.5 Å². The van der Waals surface area contributed by atoms with Crippen molar-refractivity contribution in [2.45, 2.75) is 52.0 Å². The molecule has 1 amide bonds. The topological polar surface area (TPSA) is 101 Å². The summed E-state index contributed by atoms with van der Waals surface area (Å²) >= 11 is 5.60. The number of hydrogen-bond acceptors (Lipinski definition) is 6. The quantitative estimate of drug-likeness (QED) is 0.327. The van der Waals surface area contributed by atoms with Crippen LogP contribution in [0.1, 0.15) is 60.8 Å². The van der Waals surface area contributed by atoms with Crippen molar-refractivity contribution >= 4 is 34.9 Å². The maximum atomic E-state index is 13.3. The van der Waals surface area contributed by atoms with Crippen molar-refractivity contribution in [3.8, 4) is 5.69 Å². The van der Waals surface area contributed by atoms with Crippen LogP contribution in [0.15, 0.2) is 55.1 Å². The SMILES string of the molecule is CCOC(=O)CC(C)NC(=S)N1CCC(c2nc(C)ccc2C(=O)Nc2ccc(-n3ccnc3)cc2)CC1. The second kappa shape index (κ2) is 12.6. The third-order valence-corrected chi connectivity index (χ3v) is 6.93. The van der Waals surface area contributed by atoms with E-state index in [1.165, 1.54) is 0 Å². The second-order valence-corrected chi connectivity index (χ2v) is 9.86. The Morgan fingerprint density at radius 1 is 1.16 bits per heavy atom. The molecule has 2 aromatic heterocycles. The number of amides is 1. The number of thiocarbonyl (C=S) groups is 1. The largest absolute Gasteiger partial charge is 0.466 e. The van der Waals surface area contributed by atoms with Crippen LogP contribution in [-0.2, 0) is 9.53 Å². The predicted molar refractivity (Wildman–Crippen MR) is 150 cm³/mol. The fourth-order valence-corrected chi connectivity index (χ4v) is 4.97. The summed E-state index contributed by atoms with van der Waals surface area (Å²) in [6.07, 6.45) is 7.24. The first kappa shape index (κ1) is 27.3. The van der Waals surface area contributed by atoms with Crippen LogP contribution >= 0.6 is 12.2 Å². The third kappa shape index (κ3) is 6.95. The number of benzene rings is 1. The van der Waals surface area contributed by atoms with Crippen molar-refractivity contribution < 1.29 is 14.3 Å². The first-order valence-corrected chi connectivity index (χ1v) is 13.3. The van der Waals surface area contributed by atoms with Gasteiger partial charge in [0.15, 0.2) is 5.11 Å². The van der Waals surface area contributed by atoms with Crippen LogP contribution in [0.3, 0.4) is 0 Å². The molecule has 200 valence electrons. The van der Waals surface area contributed by atoms with Gasteiger partial charge in [-0.05, 0) is 82.2 Å². The van der Waals surface area contributed by atoms with E-state index in [9.17, 15) is 9.59 Å². The van der Waals surface area contributed by atoms with Gasteiger partial charge in [0.25, 0.3) is 5.91 Å². The minimum absolute atomic E-state index is 0.109. The van der Waals surface area contributed by atoms with E-state index < -0.39 is 0 Å². The molecule has 4 rings (SSSR count). The summed E-state index contributed by atoms with van der Waals surface area (Å²) < 4.78 is 6.93. The molecule has 2 N–H and O–H groups in total. The lowest BCUT2D eigenvalue weighted by molar-refractivity contribution is -0.143. The van der Waals surface area contributed by atoms with Crippen molar-refractivity contribution in [1.29, 1.82) is 0 Å². The molecule has 1 saturated heterocycles. The van der Waals surface area contributed by atoms with Gasteiger partial charge >= 0.3 is 5.97 Å². The molecule has 1 unspecified atom stereocenters. The molecule has 1 aliphatic heterocycles. The Kier molecular flexibility index (Phi) is 9.06. The summed E-state index contributed by atoms with van der Waals surface area (Å²) in [6.45, 7) is 7.52. The van der Waals surface area contributed by atoms with E-state index in [1.807, 2.05) is 61.0 Å². The van der Waals surface area contributed by atoms with Crippen LogP contribution in [0.4, 0.5) is 5.69 Å². The van der Waals surface area contributed by atoms with E-state index >= 15 is 0 Å². The van der Waals surface area contributed by atoms with Gasteiger partial charge < -0.3 is 24.8 Å². The zero-order valence-corrected chi connectivity index (χ0v) is 22.8. The minimum Gasteiger partial charge on any atom is -0.466 e. The number of piperidine rings is 1. The molecule has 0 saturated carbocycles. The van der Waals surface area contributed by atoms with Crippen molar-refractivity contribution in [3.63, 3.8) is 0 Å². The van der Waals surface area contributed by atoms with Crippen molar-refractivity contribution in [3.05, 3.63) is 72.1 Å². The van der Waals surface area contributed by atoms with Gasteiger partial charge in [0.1, 0.15) is 0 Å². The molecule has 3 heterocycles. The molecule has 0 aliphatic carbocycles. The van der Waals surface area contributed by atoms with Crippen LogP contribution < -0.4 is 10.6 Å². The van der Waals surface area contributed by atoms with Crippen LogP contribution in [0, 0.1) is 6.92 Å². The third-order valence-electron chi connectivity index (χ3n) is 6.55. The standard InChI is InChI=1S/C28H34N6O3S/c1-4-37-25(35)17-20(3)31-28(38)33-14-11-21(12-15-33)26-24(10-5-19(2)30-26)27(36)32-22-6-8-23(9-7-22)34-16-13-29-18-34/h5-10,13,16,18,20-21H,4,11-12,14-15,17H2,1-3H3,(H,31,38)(H,32,36). The van der Waals surface area contributed by atoms with Crippen molar-refractivity contribution in [1.82, 2.24) is 24.8 Å². The lowest BCUT2D eigenvalue weighted by Crippen LogP contribution is -2.47. The summed E-state index contributed by atoms with van der Waals surface area (Å²) in [5.74, 6) is -0.259. The summed E-state index contributed by atoms with van der Waals surface area (Å²) in [4.78, 5) is 36.0. The van der Waals surface area contributed by atoms with E-state index in [2.05, 4.69) is 20.5 Å². The normalized spacial score (nSPS) is 14.6. The molecule has 38 heavy (non-hydrogen) atoms. The number of hydrogen-bond donors (Lipinski definition) is 2. The minimum atomic E-state index is -0.237. The highest BCUT2D eigenvalue weighted by molar-refractivity contribution is 7.80. The molecule has 1 aliphatic rings. The van der Waals surface area contributed by atoms with E-state index in [1.54, 1.807) is 19.4 Å². The van der Waals surface area contributed by atoms with Gasteiger partial charge in [-0.3, -0.25) is 14.6 Å². The number of likely N-dealkylation sites (tertiary alicyclic amines) is 1. The van der Waals surface area contributed by atoms with Crippen LogP contribution in [-0.4, -0.2) is 62.2 Å². The Morgan fingerprint density at radius 3 is 2.55 bits per heavy atom. The zero-order valence-electron chi connectivity index (χ0n) is 22.0. The molecular formula is C28H34N6O3S. The highest BCUT2D eigenvalue weighted by Gasteiger charge is 2.27. The number of aryl methyl sites for hydroxylation is 1. The molecule has 9 nitrogen and oxygen atoms in total. The number of nitrogens with zero attached hydrogens (tertiary/aromatic N) is 4. The number of carbonyl (C=O) groups excluding carboxylic acids is 2. The van der Waals surface area contributed by atoms with Crippen LogP contribution in [0.2, 0.25) is 0 Å². The van der Waals surface area contributed by atoms with Gasteiger partial charge in [-0.25, -0.2) is 4.98 Å². The average Bonchev–Trinajstić information content (AvgIpc) is 3.44. The van der Waals surface area contributed by atoms with E-state index in [-0.39, 0.29) is 30.3 Å². The molecule has 10 heteroatoms. The first-order chi connectivity index (χ1) is 18.3. The lowest BCUT2D eigenvalue weighted by atomic mass is 9.90. The van der Waals surface area contributed by atoms with E-state index in [0.29, 0.717) is 23.0 Å². The number of anilines is 1. The monoisotopic (exact) mass is 534 g/mol. The zero-order chi connectivity index (χ0) is 27.1. The molecule has 0 bridgehead atoms. The van der Waals surface area contributed by atoms with Gasteiger partial charge in [-0.1, -0.05) is 0 Å². The highest BCUT2D eigenvalue weighted by atomic mass is 32.1. The maximum absolute atomic E-state index is 13.3. The highest BCUT2D eigenvalue weighted by Crippen LogP contribution is 2.30. The molecule has 0 radical (unpaired) electrons. The van der Waals surface area contributed by atoms with Crippen molar-refractivity contribution in [2.75, 3.05) is 25.0 Å². The van der Waals surface area contributed by atoms with E-state index in [0.717, 1.165) is 43.0 Å². The van der Waals surface area contributed by atoms with Gasteiger partial charge in [0.2, 0.25) is 0 Å². The van der Waals surface area contributed by atoms with Gasteiger partial charge in [-0.2, -0.15) is 0 Å². The molecule has 1 aromatic carbocycles. The number of imidazole rings is 1. The van der Waals surface area contributed by atoms with Crippen LogP contribution in [0.5, 0.6) is 0 Å². The molecule has 3 aromatic rings. The fourth-order valence-electron chi connectivity index (χ4n) is 4.59. The Hall–Kier alpha value is -3.79. The molecule has 0 spiro atoms. The Balaban J connectivity index is 1.37. The Bertz CT molecular complexity index is 1250. The van der Waals surface area contributed by atoms with Crippen molar-refractivity contribution in [2.24, 2.45) is 0 Å². The average molecular weight is 535 g/mol. The predicted octanol–water partition coefficient (Wildman–Crippen LogP) is 4.22. The number of aromatic nitrogens is 3. The Morgan fingerprint density at radius 2 is 1.89 bits per heavy atom. The number of rotatable bonds is 8. The van der Waals surface area contributed by atoms with Gasteiger partial charge in [0.05, 0.1) is 30.6 Å². The smallest absolute Gasteiger partial charge is 0.307 e.